The summed E-state index contributed by atoms with van der Waals surface area (Å²) in [5, 5.41) is 12.7. The van der Waals surface area contributed by atoms with Crippen molar-refractivity contribution >= 4 is 11.8 Å². The summed E-state index contributed by atoms with van der Waals surface area (Å²) >= 11 is 1.68. The van der Waals surface area contributed by atoms with E-state index in [-0.39, 0.29) is 5.41 Å². The zero-order valence-electron chi connectivity index (χ0n) is 10.3. The van der Waals surface area contributed by atoms with Gasteiger partial charge >= 0.3 is 0 Å². The molecule has 0 saturated heterocycles. The molecule has 0 amide bonds. The van der Waals surface area contributed by atoms with E-state index in [9.17, 15) is 0 Å². The monoisotopic (exact) mass is 248 g/mol. The number of benzene rings is 1. The molecular formula is C12H16N4S. The van der Waals surface area contributed by atoms with Crippen molar-refractivity contribution in [1.82, 2.24) is 20.2 Å². The second-order valence-corrected chi connectivity index (χ2v) is 6.00. The molecule has 0 N–H and O–H groups in total. The molecule has 4 nitrogen and oxygen atoms in total. The predicted molar refractivity (Wildman–Crippen MR) is 69.3 cm³/mol. The Balaban J connectivity index is 2.18. The van der Waals surface area contributed by atoms with Gasteiger partial charge in [0.15, 0.2) is 0 Å². The molecular weight excluding hydrogens is 232 g/mol. The van der Waals surface area contributed by atoms with Crippen molar-refractivity contribution < 1.29 is 0 Å². The van der Waals surface area contributed by atoms with Crippen LogP contribution in [0.2, 0.25) is 0 Å². The average molecular weight is 248 g/mol. The Labute approximate surface area is 105 Å². The maximum Gasteiger partial charge on any atom is 0.214 e. The van der Waals surface area contributed by atoms with Crippen LogP contribution in [0.3, 0.4) is 0 Å². The lowest BCUT2D eigenvalue weighted by Gasteiger charge is -2.16. The van der Waals surface area contributed by atoms with Crippen molar-refractivity contribution in [2.75, 3.05) is 5.75 Å². The Bertz CT molecular complexity index is 473. The Morgan fingerprint density at radius 3 is 2.53 bits per heavy atom. The molecule has 1 aromatic heterocycles. The number of hydrogen-bond acceptors (Lipinski definition) is 4. The number of rotatable bonds is 3. The molecule has 90 valence electrons. The lowest BCUT2D eigenvalue weighted by molar-refractivity contribution is 0.480. The molecule has 0 fully saturated rings. The molecule has 0 aliphatic heterocycles. The van der Waals surface area contributed by atoms with Crippen LogP contribution in [0.1, 0.15) is 20.8 Å². The first kappa shape index (κ1) is 12.1. The van der Waals surface area contributed by atoms with Gasteiger partial charge in [-0.1, -0.05) is 50.7 Å². The molecule has 0 bridgehead atoms. The summed E-state index contributed by atoms with van der Waals surface area (Å²) in [6.07, 6.45) is 0. The average Bonchev–Trinajstić information content (AvgIpc) is 2.75. The minimum Gasteiger partial charge on any atom is -0.188 e. The number of tetrazole rings is 1. The van der Waals surface area contributed by atoms with Gasteiger partial charge in [0.2, 0.25) is 5.16 Å². The van der Waals surface area contributed by atoms with Gasteiger partial charge < -0.3 is 0 Å². The third-order valence-electron chi connectivity index (χ3n) is 2.08. The van der Waals surface area contributed by atoms with Crippen molar-refractivity contribution in [3.8, 4) is 5.69 Å². The molecule has 0 radical (unpaired) electrons. The predicted octanol–water partition coefficient (Wildman–Crippen LogP) is 2.80. The highest BCUT2D eigenvalue weighted by molar-refractivity contribution is 7.99. The third-order valence-corrected chi connectivity index (χ3v) is 3.60. The van der Waals surface area contributed by atoms with E-state index in [1.165, 1.54) is 0 Å². The Morgan fingerprint density at radius 1 is 1.18 bits per heavy atom. The molecule has 17 heavy (non-hydrogen) atoms. The van der Waals surface area contributed by atoms with Crippen LogP contribution in [-0.4, -0.2) is 26.0 Å². The fourth-order valence-corrected chi connectivity index (χ4v) is 2.20. The van der Waals surface area contributed by atoms with Crippen LogP contribution in [0.5, 0.6) is 0 Å². The molecule has 5 heteroatoms. The zero-order chi connectivity index (χ0) is 12.3. The quantitative estimate of drug-likeness (QED) is 0.783. The SMILES string of the molecule is CC(C)(C)CSc1nnnn1-c1ccccc1. The van der Waals surface area contributed by atoms with Crippen molar-refractivity contribution in [3.05, 3.63) is 30.3 Å². The maximum atomic E-state index is 4.06. The van der Waals surface area contributed by atoms with Crippen LogP contribution >= 0.6 is 11.8 Å². The molecule has 0 unspecified atom stereocenters. The van der Waals surface area contributed by atoms with Crippen LogP contribution < -0.4 is 0 Å². The van der Waals surface area contributed by atoms with Gasteiger partial charge in [0.25, 0.3) is 0 Å². The minimum atomic E-state index is 0.262. The molecule has 2 rings (SSSR count). The highest BCUT2D eigenvalue weighted by Gasteiger charge is 2.15. The van der Waals surface area contributed by atoms with Gasteiger partial charge in [0.05, 0.1) is 5.69 Å². The van der Waals surface area contributed by atoms with Crippen molar-refractivity contribution in [2.45, 2.75) is 25.9 Å². The molecule has 1 aromatic carbocycles. The number of aromatic nitrogens is 4. The minimum absolute atomic E-state index is 0.262. The smallest absolute Gasteiger partial charge is 0.188 e. The summed E-state index contributed by atoms with van der Waals surface area (Å²) in [7, 11) is 0. The highest BCUT2D eigenvalue weighted by Crippen LogP contribution is 2.26. The lowest BCUT2D eigenvalue weighted by atomic mass is 10.0. The van der Waals surface area contributed by atoms with E-state index in [2.05, 4.69) is 36.3 Å². The van der Waals surface area contributed by atoms with Crippen molar-refractivity contribution in [2.24, 2.45) is 5.41 Å². The van der Waals surface area contributed by atoms with Gasteiger partial charge in [-0.25, -0.2) is 0 Å². The third kappa shape index (κ3) is 3.30. The summed E-state index contributed by atoms with van der Waals surface area (Å²) in [5.41, 5.74) is 1.26. The molecule has 0 atom stereocenters. The second kappa shape index (κ2) is 4.87. The molecule has 1 heterocycles. The van der Waals surface area contributed by atoms with Crippen LogP contribution in [0.15, 0.2) is 35.5 Å². The fourth-order valence-electron chi connectivity index (χ4n) is 1.28. The number of thioether (sulfide) groups is 1. The largest absolute Gasteiger partial charge is 0.214 e. The van der Waals surface area contributed by atoms with E-state index in [0.29, 0.717) is 0 Å². The van der Waals surface area contributed by atoms with Gasteiger partial charge in [0, 0.05) is 5.75 Å². The fraction of sp³-hybridized carbons (Fsp3) is 0.417. The normalized spacial score (nSPS) is 11.7. The molecule has 0 spiro atoms. The standard InChI is InChI=1S/C12H16N4S/c1-12(2,3)9-17-11-13-14-15-16(11)10-7-5-4-6-8-10/h4-8H,9H2,1-3H3. The Hall–Kier alpha value is -1.36. The number of para-hydroxylation sites is 1. The van der Waals surface area contributed by atoms with E-state index in [1.54, 1.807) is 16.4 Å². The van der Waals surface area contributed by atoms with Crippen LogP contribution in [0, 0.1) is 5.41 Å². The van der Waals surface area contributed by atoms with E-state index < -0.39 is 0 Å². The summed E-state index contributed by atoms with van der Waals surface area (Å²) in [4.78, 5) is 0. The van der Waals surface area contributed by atoms with Crippen LogP contribution in [0.4, 0.5) is 0 Å². The van der Waals surface area contributed by atoms with E-state index in [0.717, 1.165) is 16.6 Å². The van der Waals surface area contributed by atoms with Gasteiger partial charge in [-0.2, -0.15) is 4.68 Å². The van der Waals surface area contributed by atoms with Crippen molar-refractivity contribution in [3.63, 3.8) is 0 Å². The van der Waals surface area contributed by atoms with E-state index >= 15 is 0 Å². The Kier molecular flexibility index (Phi) is 3.47. The molecule has 2 aromatic rings. The summed E-state index contributed by atoms with van der Waals surface area (Å²) in [6, 6.07) is 9.94. The topological polar surface area (TPSA) is 43.6 Å². The first-order valence-corrected chi connectivity index (χ1v) is 6.51. The first-order chi connectivity index (χ1) is 8.06. The van der Waals surface area contributed by atoms with E-state index in [4.69, 9.17) is 0 Å². The van der Waals surface area contributed by atoms with Gasteiger partial charge in [-0.15, -0.1) is 5.10 Å². The zero-order valence-corrected chi connectivity index (χ0v) is 11.1. The van der Waals surface area contributed by atoms with Crippen LogP contribution in [-0.2, 0) is 0 Å². The first-order valence-electron chi connectivity index (χ1n) is 5.53. The molecule has 0 aliphatic rings. The summed E-state index contributed by atoms with van der Waals surface area (Å²) < 4.78 is 1.77. The van der Waals surface area contributed by atoms with E-state index in [1.807, 2.05) is 30.3 Å². The molecule has 0 aliphatic carbocycles. The number of nitrogens with zero attached hydrogens (tertiary/aromatic N) is 4. The molecule has 0 saturated carbocycles. The lowest BCUT2D eigenvalue weighted by Crippen LogP contribution is -2.09. The highest BCUT2D eigenvalue weighted by atomic mass is 32.2. The van der Waals surface area contributed by atoms with Gasteiger partial charge in [-0.3, -0.25) is 0 Å². The van der Waals surface area contributed by atoms with Crippen molar-refractivity contribution in [1.29, 1.82) is 0 Å². The van der Waals surface area contributed by atoms with Gasteiger partial charge in [0.1, 0.15) is 0 Å². The Morgan fingerprint density at radius 2 is 1.88 bits per heavy atom. The second-order valence-electron chi connectivity index (χ2n) is 5.06. The number of hydrogen-bond donors (Lipinski definition) is 0. The summed E-state index contributed by atoms with van der Waals surface area (Å²) in [5.74, 6) is 0.986. The van der Waals surface area contributed by atoms with Crippen LogP contribution in [0.25, 0.3) is 5.69 Å². The summed E-state index contributed by atoms with van der Waals surface area (Å²) in [6.45, 7) is 6.62. The maximum absolute atomic E-state index is 4.06. The van der Waals surface area contributed by atoms with Gasteiger partial charge in [-0.05, 0) is 28.0 Å².